The molecule has 21 heavy (non-hydrogen) atoms. The standard InChI is InChI=1S/C17H24N2O.ClH/c1-2-15(14-6-4-3-5-7-14)16(20)19-11-9-17(13-19)8-10-18-12-17;/h3-7,15,18H,2,8-13H2,1H3;1H. The lowest BCUT2D eigenvalue weighted by Gasteiger charge is -2.26. The first kappa shape index (κ1) is 16.3. The molecule has 2 atom stereocenters. The first-order valence-corrected chi connectivity index (χ1v) is 7.78. The molecule has 2 unspecified atom stereocenters. The predicted molar refractivity (Wildman–Crippen MR) is 87.8 cm³/mol. The van der Waals surface area contributed by atoms with Crippen LogP contribution in [0.4, 0.5) is 0 Å². The van der Waals surface area contributed by atoms with Gasteiger partial charge in [-0.25, -0.2) is 0 Å². The Hall–Kier alpha value is -1.06. The number of likely N-dealkylation sites (tertiary alicyclic amines) is 1. The van der Waals surface area contributed by atoms with E-state index in [0.29, 0.717) is 11.3 Å². The Morgan fingerprint density at radius 2 is 2.10 bits per heavy atom. The van der Waals surface area contributed by atoms with E-state index in [4.69, 9.17) is 0 Å². The zero-order valence-electron chi connectivity index (χ0n) is 12.7. The molecule has 0 aliphatic carbocycles. The van der Waals surface area contributed by atoms with Gasteiger partial charge in [0.15, 0.2) is 0 Å². The maximum atomic E-state index is 12.8. The summed E-state index contributed by atoms with van der Waals surface area (Å²) in [6.07, 6.45) is 3.26. The summed E-state index contributed by atoms with van der Waals surface area (Å²) in [5, 5.41) is 3.45. The average molecular weight is 309 g/mol. The Morgan fingerprint density at radius 1 is 1.33 bits per heavy atom. The van der Waals surface area contributed by atoms with Crippen molar-refractivity contribution in [2.75, 3.05) is 26.2 Å². The lowest BCUT2D eigenvalue weighted by atomic mass is 9.86. The lowest BCUT2D eigenvalue weighted by molar-refractivity contribution is -0.132. The summed E-state index contributed by atoms with van der Waals surface area (Å²) in [6.45, 7) is 6.18. The highest BCUT2D eigenvalue weighted by atomic mass is 35.5. The highest BCUT2D eigenvalue weighted by molar-refractivity contribution is 5.85. The van der Waals surface area contributed by atoms with Crippen LogP contribution < -0.4 is 5.32 Å². The van der Waals surface area contributed by atoms with Gasteiger partial charge >= 0.3 is 0 Å². The van der Waals surface area contributed by atoms with E-state index in [9.17, 15) is 4.79 Å². The molecule has 3 nitrogen and oxygen atoms in total. The molecular weight excluding hydrogens is 284 g/mol. The smallest absolute Gasteiger partial charge is 0.230 e. The van der Waals surface area contributed by atoms with Crippen molar-refractivity contribution in [2.24, 2.45) is 5.41 Å². The first-order valence-electron chi connectivity index (χ1n) is 7.78. The molecule has 2 fully saturated rings. The molecule has 1 N–H and O–H groups in total. The zero-order valence-corrected chi connectivity index (χ0v) is 13.5. The third-order valence-corrected chi connectivity index (χ3v) is 4.99. The molecule has 4 heteroatoms. The minimum atomic E-state index is 0. The minimum Gasteiger partial charge on any atom is -0.342 e. The van der Waals surface area contributed by atoms with E-state index in [1.165, 1.54) is 6.42 Å². The van der Waals surface area contributed by atoms with E-state index >= 15 is 0 Å². The van der Waals surface area contributed by atoms with Gasteiger partial charge in [-0.15, -0.1) is 12.4 Å². The molecule has 3 rings (SSSR count). The van der Waals surface area contributed by atoms with E-state index in [1.807, 2.05) is 18.2 Å². The molecule has 2 heterocycles. The monoisotopic (exact) mass is 308 g/mol. The van der Waals surface area contributed by atoms with Gasteiger partial charge < -0.3 is 10.2 Å². The summed E-state index contributed by atoms with van der Waals surface area (Å²) >= 11 is 0. The molecule has 0 radical (unpaired) electrons. The summed E-state index contributed by atoms with van der Waals surface area (Å²) in [4.78, 5) is 14.9. The maximum absolute atomic E-state index is 12.8. The highest BCUT2D eigenvalue weighted by Gasteiger charge is 2.42. The molecule has 0 aromatic heterocycles. The predicted octanol–water partition coefficient (Wildman–Crippen LogP) is 2.81. The Bertz CT molecular complexity index is 471. The average Bonchev–Trinajstić information content (AvgIpc) is 3.12. The quantitative estimate of drug-likeness (QED) is 0.931. The highest BCUT2D eigenvalue weighted by Crippen LogP contribution is 2.37. The second-order valence-electron chi connectivity index (χ2n) is 6.31. The third-order valence-electron chi connectivity index (χ3n) is 4.99. The normalized spacial score (nSPS) is 25.9. The summed E-state index contributed by atoms with van der Waals surface area (Å²) in [7, 11) is 0. The van der Waals surface area contributed by atoms with Gasteiger partial charge in [0.25, 0.3) is 0 Å². The van der Waals surface area contributed by atoms with Gasteiger partial charge in [-0.05, 0) is 31.4 Å². The molecule has 1 amide bonds. The maximum Gasteiger partial charge on any atom is 0.230 e. The van der Waals surface area contributed by atoms with Crippen molar-refractivity contribution in [2.45, 2.75) is 32.1 Å². The Kier molecular flexibility index (Phi) is 5.28. The van der Waals surface area contributed by atoms with Crippen LogP contribution in [0.3, 0.4) is 0 Å². The van der Waals surface area contributed by atoms with Gasteiger partial charge in [-0.3, -0.25) is 4.79 Å². The largest absolute Gasteiger partial charge is 0.342 e. The Labute approximate surface area is 133 Å². The Balaban J connectivity index is 0.00000161. The zero-order chi connectivity index (χ0) is 14.0. The summed E-state index contributed by atoms with van der Waals surface area (Å²) < 4.78 is 0. The number of carbonyl (C=O) groups excluding carboxylic acids is 1. The molecule has 0 saturated carbocycles. The van der Waals surface area contributed by atoms with Crippen molar-refractivity contribution < 1.29 is 4.79 Å². The van der Waals surface area contributed by atoms with Crippen LogP contribution in [0.5, 0.6) is 0 Å². The molecule has 116 valence electrons. The van der Waals surface area contributed by atoms with Crippen LogP contribution in [0, 0.1) is 5.41 Å². The van der Waals surface area contributed by atoms with E-state index < -0.39 is 0 Å². The topological polar surface area (TPSA) is 32.3 Å². The van der Waals surface area contributed by atoms with Gasteiger partial charge in [-0.1, -0.05) is 37.3 Å². The van der Waals surface area contributed by atoms with Crippen molar-refractivity contribution in [3.63, 3.8) is 0 Å². The van der Waals surface area contributed by atoms with E-state index in [0.717, 1.165) is 44.6 Å². The van der Waals surface area contributed by atoms with E-state index in [1.54, 1.807) is 0 Å². The van der Waals surface area contributed by atoms with Crippen LogP contribution in [-0.4, -0.2) is 37.0 Å². The van der Waals surface area contributed by atoms with Gasteiger partial charge in [0.1, 0.15) is 0 Å². The van der Waals surface area contributed by atoms with Gasteiger partial charge in [0.05, 0.1) is 5.92 Å². The molecule has 2 saturated heterocycles. The number of nitrogens with one attached hydrogen (secondary N) is 1. The summed E-state index contributed by atoms with van der Waals surface area (Å²) in [5.74, 6) is 0.350. The minimum absolute atomic E-state index is 0. The number of rotatable bonds is 3. The molecule has 2 aliphatic rings. The van der Waals surface area contributed by atoms with Crippen molar-refractivity contribution in [1.29, 1.82) is 0 Å². The summed E-state index contributed by atoms with van der Waals surface area (Å²) in [6, 6.07) is 10.2. The lowest BCUT2D eigenvalue weighted by Crippen LogP contribution is -2.36. The van der Waals surface area contributed by atoms with Gasteiger partial charge in [-0.2, -0.15) is 0 Å². The fraction of sp³-hybridized carbons (Fsp3) is 0.588. The number of amides is 1. The summed E-state index contributed by atoms with van der Waals surface area (Å²) in [5.41, 5.74) is 1.52. The van der Waals surface area contributed by atoms with Gasteiger partial charge in [0, 0.05) is 25.0 Å². The number of carbonyl (C=O) groups is 1. The SMILES string of the molecule is CCC(C(=O)N1CCC2(CCNC2)C1)c1ccccc1.Cl. The van der Waals surface area contributed by atoms with Crippen molar-refractivity contribution in [3.05, 3.63) is 35.9 Å². The number of hydrogen-bond acceptors (Lipinski definition) is 2. The molecule has 2 aliphatic heterocycles. The molecule has 1 aromatic rings. The van der Waals surface area contributed by atoms with Crippen molar-refractivity contribution >= 4 is 18.3 Å². The van der Waals surface area contributed by atoms with Gasteiger partial charge in [0.2, 0.25) is 5.91 Å². The molecular formula is C17H25ClN2O. The van der Waals surface area contributed by atoms with Crippen LogP contribution in [0.2, 0.25) is 0 Å². The van der Waals surface area contributed by atoms with E-state index in [2.05, 4.69) is 29.3 Å². The molecule has 0 bridgehead atoms. The van der Waals surface area contributed by atoms with Crippen molar-refractivity contribution in [1.82, 2.24) is 10.2 Å². The van der Waals surface area contributed by atoms with Crippen LogP contribution in [-0.2, 0) is 4.79 Å². The Morgan fingerprint density at radius 3 is 2.71 bits per heavy atom. The van der Waals surface area contributed by atoms with Crippen LogP contribution in [0.15, 0.2) is 30.3 Å². The fourth-order valence-electron chi connectivity index (χ4n) is 3.73. The number of benzene rings is 1. The number of halogens is 1. The second-order valence-corrected chi connectivity index (χ2v) is 6.31. The molecule has 1 aromatic carbocycles. The number of nitrogens with zero attached hydrogens (tertiary/aromatic N) is 1. The second kappa shape index (κ2) is 6.80. The van der Waals surface area contributed by atoms with Crippen molar-refractivity contribution in [3.8, 4) is 0 Å². The third kappa shape index (κ3) is 3.24. The van der Waals surface area contributed by atoms with E-state index in [-0.39, 0.29) is 18.3 Å². The number of hydrogen-bond donors (Lipinski definition) is 1. The van der Waals surface area contributed by atoms with Crippen LogP contribution in [0.1, 0.15) is 37.7 Å². The first-order chi connectivity index (χ1) is 9.74. The fourth-order valence-corrected chi connectivity index (χ4v) is 3.73. The van der Waals surface area contributed by atoms with Crippen LogP contribution in [0.25, 0.3) is 0 Å². The van der Waals surface area contributed by atoms with Crippen LogP contribution >= 0.6 is 12.4 Å². The molecule has 1 spiro atoms.